The first-order valence-corrected chi connectivity index (χ1v) is 12.3. The molecular formula is C28H19Cl2N3O3S. The van der Waals surface area contributed by atoms with Crippen molar-refractivity contribution < 1.29 is 13.6 Å². The Hall–Kier alpha value is -3.91. The van der Waals surface area contributed by atoms with Crippen molar-refractivity contribution in [3.8, 4) is 22.8 Å². The molecule has 0 fully saturated rings. The van der Waals surface area contributed by atoms with Crippen LogP contribution in [0.2, 0.25) is 10.0 Å². The Bertz CT molecular complexity index is 1660. The molecule has 3 aromatic carbocycles. The van der Waals surface area contributed by atoms with Crippen LogP contribution in [0.3, 0.4) is 0 Å². The predicted octanol–water partition coefficient (Wildman–Crippen LogP) is 7.90. The number of thiocarbonyl (C=S) groups is 1. The first-order chi connectivity index (χ1) is 17.9. The van der Waals surface area contributed by atoms with Gasteiger partial charge in [-0.2, -0.15) is 0 Å². The molecule has 6 nitrogen and oxygen atoms in total. The van der Waals surface area contributed by atoms with E-state index in [9.17, 15) is 4.79 Å². The number of carbonyl (C=O) groups is 1. The van der Waals surface area contributed by atoms with Crippen molar-refractivity contribution in [2.24, 2.45) is 0 Å². The van der Waals surface area contributed by atoms with E-state index in [0.29, 0.717) is 44.2 Å². The highest BCUT2D eigenvalue weighted by Gasteiger charge is 2.14. The normalized spacial score (nSPS) is 11.2. The van der Waals surface area contributed by atoms with Gasteiger partial charge >= 0.3 is 0 Å². The fourth-order valence-electron chi connectivity index (χ4n) is 3.70. The molecular weight excluding hydrogens is 529 g/mol. The topological polar surface area (TPSA) is 80.3 Å². The Morgan fingerprint density at radius 1 is 0.973 bits per heavy atom. The van der Waals surface area contributed by atoms with Gasteiger partial charge in [-0.05, 0) is 97.5 Å². The molecule has 0 radical (unpaired) electrons. The lowest BCUT2D eigenvalue weighted by molar-refractivity contribution is -0.115. The van der Waals surface area contributed by atoms with Gasteiger partial charge < -0.3 is 14.2 Å². The summed E-state index contributed by atoms with van der Waals surface area (Å²) in [6.45, 7) is 1.92. The van der Waals surface area contributed by atoms with Crippen molar-refractivity contribution in [2.45, 2.75) is 6.92 Å². The zero-order valence-electron chi connectivity index (χ0n) is 19.4. The number of hydrogen-bond acceptors (Lipinski definition) is 5. The largest absolute Gasteiger partial charge is 0.457 e. The van der Waals surface area contributed by atoms with Crippen molar-refractivity contribution in [1.82, 2.24) is 10.3 Å². The second-order valence-electron chi connectivity index (χ2n) is 8.09. The highest BCUT2D eigenvalue weighted by atomic mass is 35.5. The van der Waals surface area contributed by atoms with E-state index in [4.69, 9.17) is 44.3 Å². The van der Waals surface area contributed by atoms with E-state index in [-0.39, 0.29) is 5.11 Å². The number of aromatic nitrogens is 1. The summed E-state index contributed by atoms with van der Waals surface area (Å²) in [7, 11) is 0. The van der Waals surface area contributed by atoms with Crippen LogP contribution in [0.1, 0.15) is 11.3 Å². The van der Waals surface area contributed by atoms with E-state index >= 15 is 0 Å². The molecule has 184 valence electrons. The second kappa shape index (κ2) is 10.6. The summed E-state index contributed by atoms with van der Waals surface area (Å²) in [5.41, 5.74) is 4.57. The Balaban J connectivity index is 1.23. The highest BCUT2D eigenvalue weighted by molar-refractivity contribution is 7.80. The molecule has 0 aliphatic rings. The summed E-state index contributed by atoms with van der Waals surface area (Å²) in [4.78, 5) is 17.0. The summed E-state index contributed by atoms with van der Waals surface area (Å²) in [6, 6.07) is 21.8. The first kappa shape index (κ1) is 24.8. The molecule has 0 saturated carbocycles. The van der Waals surface area contributed by atoms with E-state index in [1.54, 1.807) is 42.5 Å². The number of anilines is 1. The third kappa shape index (κ3) is 5.75. The third-order valence-electron chi connectivity index (χ3n) is 5.55. The zero-order chi connectivity index (χ0) is 25.9. The summed E-state index contributed by atoms with van der Waals surface area (Å²) < 4.78 is 11.7. The van der Waals surface area contributed by atoms with Gasteiger partial charge in [-0.25, -0.2) is 4.98 Å². The number of halogens is 2. The highest BCUT2D eigenvalue weighted by Crippen LogP contribution is 2.31. The number of hydrogen-bond donors (Lipinski definition) is 2. The molecule has 2 heterocycles. The maximum absolute atomic E-state index is 12.4. The van der Waals surface area contributed by atoms with Gasteiger partial charge in [-0.15, -0.1) is 0 Å². The lowest BCUT2D eigenvalue weighted by atomic mass is 10.1. The van der Waals surface area contributed by atoms with Crippen LogP contribution in [-0.2, 0) is 4.79 Å². The molecule has 0 saturated heterocycles. The Morgan fingerprint density at radius 2 is 1.76 bits per heavy atom. The molecule has 0 unspecified atom stereocenters. The Morgan fingerprint density at radius 3 is 2.57 bits per heavy atom. The average Bonchev–Trinajstić information content (AvgIpc) is 3.51. The molecule has 0 bridgehead atoms. The SMILES string of the molecule is Cc1c(NC(=S)NC(=O)/C=C/c2ccc(-c3ccc(Cl)cc3)o2)cccc1-c1nc2cc(Cl)ccc2o1. The van der Waals surface area contributed by atoms with Gasteiger partial charge in [0, 0.05) is 32.9 Å². The van der Waals surface area contributed by atoms with Crippen molar-refractivity contribution in [1.29, 1.82) is 0 Å². The third-order valence-corrected chi connectivity index (χ3v) is 6.24. The van der Waals surface area contributed by atoms with Crippen LogP contribution in [0.5, 0.6) is 0 Å². The molecule has 9 heteroatoms. The quantitative estimate of drug-likeness (QED) is 0.172. The van der Waals surface area contributed by atoms with Gasteiger partial charge in [0.15, 0.2) is 10.7 Å². The number of carbonyl (C=O) groups excluding carboxylic acids is 1. The van der Waals surface area contributed by atoms with Gasteiger partial charge in [0.1, 0.15) is 17.0 Å². The monoisotopic (exact) mass is 547 g/mol. The minimum atomic E-state index is -0.397. The van der Waals surface area contributed by atoms with Crippen molar-refractivity contribution >= 4 is 69.3 Å². The molecule has 0 atom stereocenters. The summed E-state index contributed by atoms with van der Waals surface area (Å²) in [6.07, 6.45) is 2.92. The lowest BCUT2D eigenvalue weighted by Crippen LogP contribution is -2.33. The van der Waals surface area contributed by atoms with Gasteiger partial charge in [0.05, 0.1) is 0 Å². The molecule has 1 amide bonds. The van der Waals surface area contributed by atoms with E-state index in [0.717, 1.165) is 16.7 Å². The molecule has 37 heavy (non-hydrogen) atoms. The van der Waals surface area contributed by atoms with Crippen LogP contribution in [0.4, 0.5) is 5.69 Å². The predicted molar refractivity (Wildman–Crippen MR) is 152 cm³/mol. The fraction of sp³-hybridized carbons (Fsp3) is 0.0357. The molecule has 5 rings (SSSR count). The fourth-order valence-corrected chi connectivity index (χ4v) is 4.20. The van der Waals surface area contributed by atoms with Gasteiger partial charge in [0.2, 0.25) is 11.8 Å². The van der Waals surface area contributed by atoms with Gasteiger partial charge in [-0.3, -0.25) is 10.1 Å². The van der Waals surface area contributed by atoms with E-state index < -0.39 is 5.91 Å². The van der Waals surface area contributed by atoms with E-state index in [1.807, 2.05) is 43.3 Å². The number of benzene rings is 3. The minimum Gasteiger partial charge on any atom is -0.457 e. The van der Waals surface area contributed by atoms with Crippen molar-refractivity contribution in [3.05, 3.63) is 100 Å². The number of nitrogens with zero attached hydrogens (tertiary/aromatic N) is 1. The van der Waals surface area contributed by atoms with Crippen LogP contribution in [0.15, 0.2) is 87.7 Å². The molecule has 2 N–H and O–H groups in total. The number of furan rings is 1. The van der Waals surface area contributed by atoms with Crippen molar-refractivity contribution in [3.63, 3.8) is 0 Å². The van der Waals surface area contributed by atoms with E-state index in [1.165, 1.54) is 6.08 Å². The molecule has 0 aliphatic carbocycles. The number of oxazole rings is 1. The standard InChI is InChI=1S/C28H19Cl2N3O3S/c1-16-21(27-31-23-15-19(30)9-12-25(23)36-27)3-2-4-22(16)32-28(37)33-26(34)14-11-20-10-13-24(35-20)17-5-7-18(29)8-6-17/h2-15H,1H3,(H2,32,33,34,37)/b14-11+. The maximum atomic E-state index is 12.4. The van der Waals surface area contributed by atoms with Crippen LogP contribution in [-0.4, -0.2) is 16.0 Å². The van der Waals surface area contributed by atoms with Gasteiger partial charge in [-0.1, -0.05) is 29.3 Å². The van der Waals surface area contributed by atoms with Crippen LogP contribution >= 0.6 is 35.4 Å². The minimum absolute atomic E-state index is 0.153. The summed E-state index contributed by atoms with van der Waals surface area (Å²) >= 11 is 17.3. The second-order valence-corrected chi connectivity index (χ2v) is 9.38. The zero-order valence-corrected chi connectivity index (χ0v) is 21.7. The maximum Gasteiger partial charge on any atom is 0.250 e. The van der Waals surface area contributed by atoms with E-state index in [2.05, 4.69) is 15.6 Å². The molecule has 0 spiro atoms. The van der Waals surface area contributed by atoms with Crippen molar-refractivity contribution in [2.75, 3.05) is 5.32 Å². The summed E-state index contributed by atoms with van der Waals surface area (Å²) in [5.74, 6) is 1.27. The lowest BCUT2D eigenvalue weighted by Gasteiger charge is -2.12. The number of fused-ring (bicyclic) bond motifs is 1. The number of rotatable bonds is 5. The van der Waals surface area contributed by atoms with Crippen LogP contribution < -0.4 is 10.6 Å². The number of nitrogens with one attached hydrogen (secondary N) is 2. The average molecular weight is 548 g/mol. The van der Waals surface area contributed by atoms with Crippen LogP contribution in [0, 0.1) is 6.92 Å². The Labute approximate surface area is 227 Å². The summed E-state index contributed by atoms with van der Waals surface area (Å²) in [5, 5.41) is 7.09. The molecule has 5 aromatic rings. The Kier molecular flexibility index (Phi) is 7.10. The smallest absolute Gasteiger partial charge is 0.250 e. The van der Waals surface area contributed by atoms with Gasteiger partial charge in [0.25, 0.3) is 0 Å². The first-order valence-electron chi connectivity index (χ1n) is 11.2. The molecule has 0 aliphatic heterocycles. The molecule has 2 aromatic heterocycles. The number of amides is 1. The van der Waals surface area contributed by atoms with Crippen LogP contribution in [0.25, 0.3) is 40.0 Å².